The van der Waals surface area contributed by atoms with E-state index < -0.39 is 5.97 Å². The number of ether oxygens (including phenoxy) is 1. The second kappa shape index (κ2) is 15.9. The molecule has 1 rings (SSSR count). The molecule has 0 radical (unpaired) electrons. The van der Waals surface area contributed by atoms with E-state index in [2.05, 4.69) is 12.2 Å². The van der Waals surface area contributed by atoms with Crippen molar-refractivity contribution in [2.45, 2.75) is 109 Å². The Hall–Kier alpha value is -1.32. The average Bonchev–Trinajstić information content (AvgIpc) is 2.65. The van der Waals surface area contributed by atoms with E-state index in [9.17, 15) is 9.59 Å². The van der Waals surface area contributed by atoms with Crippen LogP contribution in [-0.4, -0.2) is 24.5 Å². The van der Waals surface area contributed by atoms with Gasteiger partial charge in [-0.15, -0.1) is 0 Å². The van der Waals surface area contributed by atoms with E-state index in [4.69, 9.17) is 4.74 Å². The fourth-order valence-corrected chi connectivity index (χ4v) is 3.45. The summed E-state index contributed by atoms with van der Waals surface area (Å²) < 4.78 is 5.15. The summed E-state index contributed by atoms with van der Waals surface area (Å²) in [6, 6.07) is 0.267. The number of carbonyl (C=O) groups excluding carboxylic acids is 2. The smallest absolute Gasteiger partial charge is 0.330 e. The molecule has 0 unspecified atom stereocenters. The Morgan fingerprint density at radius 2 is 1.42 bits per heavy atom. The summed E-state index contributed by atoms with van der Waals surface area (Å²) in [5, 5.41) is 2.95. The van der Waals surface area contributed by atoms with Crippen molar-refractivity contribution in [1.82, 2.24) is 5.32 Å². The Balaban J connectivity index is 1.92. The molecule has 0 saturated heterocycles. The minimum absolute atomic E-state index is 0.187. The Morgan fingerprint density at radius 1 is 0.846 bits per heavy atom. The maximum Gasteiger partial charge on any atom is 0.330 e. The molecule has 1 fully saturated rings. The third-order valence-electron chi connectivity index (χ3n) is 5.06. The van der Waals surface area contributed by atoms with Crippen LogP contribution in [-0.2, 0) is 14.3 Å². The van der Waals surface area contributed by atoms with Crippen molar-refractivity contribution in [3.63, 3.8) is 0 Å². The first-order chi connectivity index (χ1) is 12.7. The van der Waals surface area contributed by atoms with Crippen molar-refractivity contribution < 1.29 is 14.3 Å². The Morgan fingerprint density at radius 3 is 2.04 bits per heavy atom. The lowest BCUT2D eigenvalue weighted by molar-refractivity contribution is -0.138. The zero-order chi connectivity index (χ0) is 18.9. The summed E-state index contributed by atoms with van der Waals surface area (Å²) in [4.78, 5) is 23.4. The van der Waals surface area contributed by atoms with Crippen LogP contribution in [0.2, 0.25) is 0 Å². The molecule has 0 heterocycles. The highest BCUT2D eigenvalue weighted by atomic mass is 16.5. The quantitative estimate of drug-likeness (QED) is 0.253. The first kappa shape index (κ1) is 22.7. The fraction of sp³-hybridized carbons (Fsp3) is 0.818. The maximum absolute atomic E-state index is 11.8. The number of carbonyl (C=O) groups is 2. The van der Waals surface area contributed by atoms with Gasteiger partial charge in [0.05, 0.1) is 6.61 Å². The lowest BCUT2D eigenvalue weighted by atomic mass is 9.95. The van der Waals surface area contributed by atoms with Crippen molar-refractivity contribution >= 4 is 11.9 Å². The van der Waals surface area contributed by atoms with Gasteiger partial charge in [-0.3, -0.25) is 4.79 Å². The Bertz CT molecular complexity index is 400. The summed E-state index contributed by atoms with van der Waals surface area (Å²) in [5.41, 5.74) is 0. The lowest BCUT2D eigenvalue weighted by Gasteiger charge is -2.21. The van der Waals surface area contributed by atoms with Crippen molar-refractivity contribution in [3.8, 4) is 0 Å². The molecule has 0 aromatic carbocycles. The van der Waals surface area contributed by atoms with E-state index >= 15 is 0 Å². The highest BCUT2D eigenvalue weighted by molar-refractivity contribution is 5.94. The predicted octanol–water partition coefficient (Wildman–Crippen LogP) is 5.46. The molecule has 26 heavy (non-hydrogen) atoms. The highest BCUT2D eigenvalue weighted by Crippen LogP contribution is 2.17. The van der Waals surface area contributed by atoms with Crippen molar-refractivity contribution in [2.75, 3.05) is 6.61 Å². The largest absolute Gasteiger partial charge is 0.463 e. The van der Waals surface area contributed by atoms with Gasteiger partial charge in [0.1, 0.15) is 0 Å². The minimum atomic E-state index is -0.417. The maximum atomic E-state index is 11.8. The number of esters is 1. The van der Waals surface area contributed by atoms with Gasteiger partial charge in [0.2, 0.25) is 5.91 Å². The van der Waals surface area contributed by atoms with Crippen LogP contribution in [0.15, 0.2) is 12.2 Å². The molecule has 4 nitrogen and oxygen atoms in total. The topological polar surface area (TPSA) is 55.4 Å². The van der Waals surface area contributed by atoms with Gasteiger partial charge in [-0.05, 0) is 19.3 Å². The van der Waals surface area contributed by atoms with Crippen LogP contribution in [0.5, 0.6) is 0 Å². The van der Waals surface area contributed by atoms with Crippen LogP contribution >= 0.6 is 0 Å². The van der Waals surface area contributed by atoms with E-state index in [1.165, 1.54) is 82.8 Å². The molecule has 1 aliphatic rings. The molecule has 1 saturated carbocycles. The fourth-order valence-electron chi connectivity index (χ4n) is 3.45. The second-order valence-corrected chi connectivity index (χ2v) is 7.53. The van der Waals surface area contributed by atoms with Crippen LogP contribution in [0.4, 0.5) is 0 Å². The number of amides is 1. The Kier molecular flexibility index (Phi) is 13.9. The standard InChI is InChI=1S/C22H39NO3/c1-2-3-4-5-6-7-8-9-10-14-19-26-22(25)18-17-21(24)23-20-15-12-11-13-16-20/h17-18,20H,2-16,19H2,1H3,(H,23,24). The molecule has 1 aliphatic carbocycles. The molecular weight excluding hydrogens is 326 g/mol. The highest BCUT2D eigenvalue weighted by Gasteiger charge is 2.14. The van der Waals surface area contributed by atoms with E-state index in [1.807, 2.05) is 0 Å². The molecule has 0 aromatic heterocycles. The monoisotopic (exact) mass is 365 g/mol. The normalized spacial score (nSPS) is 15.3. The molecule has 0 aromatic rings. The van der Waals surface area contributed by atoms with Crippen molar-refractivity contribution in [1.29, 1.82) is 0 Å². The summed E-state index contributed by atoms with van der Waals surface area (Å²) in [5.74, 6) is -0.604. The van der Waals surface area contributed by atoms with E-state index in [0.717, 1.165) is 25.7 Å². The zero-order valence-electron chi connectivity index (χ0n) is 16.8. The molecule has 1 N–H and O–H groups in total. The predicted molar refractivity (Wildman–Crippen MR) is 107 cm³/mol. The summed E-state index contributed by atoms with van der Waals surface area (Å²) in [6.07, 6.45) is 20.8. The molecule has 0 bridgehead atoms. The van der Waals surface area contributed by atoms with Gasteiger partial charge < -0.3 is 10.1 Å². The zero-order valence-corrected chi connectivity index (χ0v) is 16.8. The van der Waals surface area contributed by atoms with Gasteiger partial charge in [0, 0.05) is 18.2 Å². The van der Waals surface area contributed by atoms with E-state index in [-0.39, 0.29) is 11.9 Å². The summed E-state index contributed by atoms with van der Waals surface area (Å²) in [7, 11) is 0. The number of hydrogen-bond acceptors (Lipinski definition) is 3. The lowest BCUT2D eigenvalue weighted by Crippen LogP contribution is -2.35. The third kappa shape index (κ3) is 13.0. The number of hydrogen-bond donors (Lipinski definition) is 1. The van der Waals surface area contributed by atoms with Crippen LogP contribution in [0.1, 0.15) is 103 Å². The van der Waals surface area contributed by atoms with Crippen molar-refractivity contribution in [3.05, 3.63) is 12.2 Å². The van der Waals surface area contributed by atoms with Crippen LogP contribution < -0.4 is 5.32 Å². The van der Waals surface area contributed by atoms with E-state index in [1.54, 1.807) is 0 Å². The molecule has 0 atom stereocenters. The van der Waals surface area contributed by atoms with Gasteiger partial charge in [0.15, 0.2) is 0 Å². The first-order valence-electron chi connectivity index (χ1n) is 10.9. The summed E-state index contributed by atoms with van der Waals surface area (Å²) >= 11 is 0. The van der Waals surface area contributed by atoms with Crippen LogP contribution in [0, 0.1) is 0 Å². The second-order valence-electron chi connectivity index (χ2n) is 7.53. The Labute approximate surface area is 160 Å². The molecule has 0 aliphatic heterocycles. The van der Waals surface area contributed by atoms with Gasteiger partial charge in [-0.25, -0.2) is 4.79 Å². The van der Waals surface area contributed by atoms with Crippen molar-refractivity contribution in [2.24, 2.45) is 0 Å². The van der Waals surface area contributed by atoms with Gasteiger partial charge >= 0.3 is 5.97 Å². The molecule has 4 heteroatoms. The minimum Gasteiger partial charge on any atom is -0.463 e. The SMILES string of the molecule is CCCCCCCCCCCCOC(=O)C=CC(=O)NC1CCCCC1. The van der Waals surface area contributed by atoms with E-state index in [0.29, 0.717) is 6.61 Å². The third-order valence-corrected chi connectivity index (χ3v) is 5.06. The molecule has 1 amide bonds. The van der Waals surface area contributed by atoms with Gasteiger partial charge in [-0.2, -0.15) is 0 Å². The average molecular weight is 366 g/mol. The van der Waals surface area contributed by atoms with Gasteiger partial charge in [-0.1, -0.05) is 84.0 Å². The van der Waals surface area contributed by atoms with Crippen LogP contribution in [0.25, 0.3) is 0 Å². The molecule has 0 spiro atoms. The van der Waals surface area contributed by atoms with Gasteiger partial charge in [0.25, 0.3) is 0 Å². The summed E-state index contributed by atoms with van der Waals surface area (Å²) in [6.45, 7) is 2.69. The van der Waals surface area contributed by atoms with Crippen LogP contribution in [0.3, 0.4) is 0 Å². The molecule has 150 valence electrons. The first-order valence-corrected chi connectivity index (χ1v) is 10.9. The number of rotatable bonds is 14. The number of nitrogens with one attached hydrogen (secondary N) is 1. The molecular formula is C22H39NO3. The number of unbranched alkanes of at least 4 members (excludes halogenated alkanes) is 9.